The van der Waals surface area contributed by atoms with E-state index in [4.69, 9.17) is 29.1 Å². The predicted molar refractivity (Wildman–Crippen MR) is 170 cm³/mol. The largest absolute Gasteiger partial charge is 0 e. The van der Waals surface area contributed by atoms with Crippen LogP contribution in [0.3, 0.4) is 0 Å². The number of aliphatic carboxylic acids is 9. The number of carbonyl (C=O) groups excluding carboxylic acids is 5. The van der Waals surface area contributed by atoms with Gasteiger partial charge in [-0.1, -0.05) is 0 Å². The molecule has 0 aromatic carbocycles. The molecule has 0 saturated carbocycles. The van der Waals surface area contributed by atoms with Crippen LogP contribution in [0.4, 0.5) is 0 Å². The van der Waals surface area contributed by atoms with Crippen molar-refractivity contribution in [2.24, 2.45) is 0 Å². The van der Waals surface area contributed by atoms with Crippen LogP contribution in [-0.2, 0) is 89.2 Å². The maximum Gasteiger partial charge on any atom is 0 e. The van der Waals surface area contributed by atoms with Gasteiger partial charge in [0, 0.05) is 110 Å². The van der Waals surface area contributed by atoms with Gasteiger partial charge in [-0.15, -0.1) is 0 Å². The Morgan fingerprint density at radius 1 is 0.373 bits per heavy atom. The molecule has 0 bridgehead atoms. The molecule has 0 aliphatic carbocycles. The van der Waals surface area contributed by atoms with Gasteiger partial charge >= 0.3 is 81.2 Å². The van der Waals surface area contributed by atoms with E-state index in [9.17, 15) is 68.4 Å². The molecule has 27 nitrogen and oxygen atoms in total. The van der Waals surface area contributed by atoms with Gasteiger partial charge in [0.1, 0.15) is 0 Å². The van der Waals surface area contributed by atoms with Gasteiger partial charge in [-0.2, -0.15) is 0 Å². The van der Waals surface area contributed by atoms with E-state index in [0.29, 0.717) is 0 Å². The number of rotatable bonds is 32. The normalized spacial score (nSPS) is 10.2. The molecule has 0 heterocycles. The van der Waals surface area contributed by atoms with Crippen LogP contribution in [0.1, 0.15) is 0 Å². The first-order valence-electron chi connectivity index (χ1n) is 15.8. The molecule has 0 fully saturated rings. The zero-order valence-corrected chi connectivity index (χ0v) is 40.3. The van der Waals surface area contributed by atoms with Crippen LogP contribution < -0.4 is 50.0 Å². The van der Waals surface area contributed by atoms with Crippen molar-refractivity contribution < 1.29 is 170 Å². The Hall–Kier alpha value is -3.46. The molecule has 0 unspecified atom stereocenters. The van der Waals surface area contributed by atoms with Crippen LogP contribution >= 0.6 is 0 Å². The molecule has 30 heteroatoms. The molecule has 0 aromatic heterocycles. The average molecular weight is 966 g/mol. The van der Waals surface area contributed by atoms with Gasteiger partial charge in [0.25, 0.3) is 0 Å². The minimum atomic E-state index is -1.52. The van der Waals surface area contributed by atoms with E-state index in [2.05, 4.69) is 6.92 Å². The summed E-state index contributed by atoms with van der Waals surface area (Å²) in [5.74, 6) is -12.6. The second-order valence-electron chi connectivity index (χ2n) is 11.4. The number of hydrogen-bond acceptors (Lipinski definition) is 22. The summed E-state index contributed by atoms with van der Waals surface area (Å²) in [6, 6.07) is 0. The standard InChI is InChI=1S/C15H24N3O9.C14H23N3O10.Na.H2O.O.2Zn/c1-11(19)6-17(8-13(22)23)4-2-16(7-12(20)21)3-5-18(9-14(24)25)10-15(26)27;18-10(19)5-15(1-3-16(6-11(20)21)7-12(22)23)2-4-17(8-13(24)25)9-14(26)27;;;;;/h1-10H2,(H,20,21)(H,22,23)(H,24,25)(H,26,27);1-9H2,(H,18,19)(H,20,21)(H,22,23)(H,24,25)(H,26,27);;1H2;;;/q-1;;+1;;;;/p-5. The summed E-state index contributed by atoms with van der Waals surface area (Å²) in [7, 11) is 0. The van der Waals surface area contributed by atoms with E-state index < -0.39 is 118 Å². The molecule has 0 radical (unpaired) electrons. The van der Waals surface area contributed by atoms with Gasteiger partial charge in [0.15, 0.2) is 0 Å². The minimum Gasteiger partial charge on any atom is 0 e. The Bertz CT molecular complexity index is 1100. The minimum absolute atomic E-state index is 0. The maximum atomic E-state index is 11.1. The van der Waals surface area contributed by atoms with Crippen molar-refractivity contribution in [3.05, 3.63) is 6.92 Å². The Kier molecular flexibility index (Phi) is 45.6. The number of carbonyl (C=O) groups is 10. The number of ketones is 1. The Balaban J connectivity index is -0.000000218. The summed E-state index contributed by atoms with van der Waals surface area (Å²) < 4.78 is 8.38. The summed E-state index contributed by atoms with van der Waals surface area (Å²) in [6.45, 7) is -2.65. The second-order valence-corrected chi connectivity index (χ2v) is 11.4. The molecule has 0 atom stereocenters. The fourth-order valence-corrected chi connectivity index (χ4v) is 4.46. The van der Waals surface area contributed by atoms with Crippen molar-refractivity contribution in [1.82, 2.24) is 29.4 Å². The van der Waals surface area contributed by atoms with E-state index in [1.165, 1.54) is 14.7 Å². The molecule has 0 aromatic rings. The first-order chi connectivity index (χ1) is 26.0. The topological polar surface area (TPSA) is 431 Å². The molecule has 59 heavy (non-hydrogen) atoms. The molecule has 0 rings (SSSR count). The van der Waals surface area contributed by atoms with Crippen molar-refractivity contribution in [3.8, 4) is 0 Å². The van der Waals surface area contributed by atoms with Crippen molar-refractivity contribution in [3.63, 3.8) is 0 Å². The number of carboxylic acids is 9. The Morgan fingerprint density at radius 2 is 0.525 bits per heavy atom. The second kappa shape index (κ2) is 40.0. The van der Waals surface area contributed by atoms with E-state index in [-0.39, 0.29) is 132 Å². The summed E-state index contributed by atoms with van der Waals surface area (Å²) in [6.07, 6.45) is 0. The van der Waals surface area contributed by atoms with E-state index in [1.807, 2.05) is 0 Å². The predicted octanol–water partition coefficient (Wildman–Crippen LogP) is -13.7. The fourth-order valence-electron chi connectivity index (χ4n) is 4.46. The number of carboxylic acid groups (broad SMARTS) is 9. The van der Waals surface area contributed by atoms with Gasteiger partial charge in [-0.3, -0.25) is 53.4 Å². The molecule has 326 valence electrons. The summed E-state index contributed by atoms with van der Waals surface area (Å²) in [5, 5.41) is 87.0. The monoisotopic (exact) mass is 963 g/mol. The summed E-state index contributed by atoms with van der Waals surface area (Å²) in [5.41, 5.74) is 0. The molecule has 0 amide bonds. The van der Waals surface area contributed by atoms with Crippen LogP contribution in [0.25, 0.3) is 0 Å². The van der Waals surface area contributed by atoms with Gasteiger partial charge in [0.05, 0.1) is 56.6 Å². The third kappa shape index (κ3) is 47.1. The number of Topliss-reactive ketones (excluding diaryl/α,β-unsaturated/α-hetero) is 1. The smallest absolute Gasteiger partial charge is 0 e. The van der Waals surface area contributed by atoms with Crippen molar-refractivity contribution in [2.75, 3.05) is 118 Å². The van der Waals surface area contributed by atoms with Crippen LogP contribution in [0.15, 0.2) is 0 Å². The molecule has 0 aliphatic rings. The van der Waals surface area contributed by atoms with E-state index in [1.54, 1.807) is 0 Å². The van der Waals surface area contributed by atoms with Crippen molar-refractivity contribution in [2.45, 2.75) is 0 Å². The van der Waals surface area contributed by atoms with Gasteiger partial charge < -0.3 is 82.3 Å². The maximum absolute atomic E-state index is 11.1. The van der Waals surface area contributed by atoms with Gasteiger partial charge in [-0.05, 0) is 0 Å². The van der Waals surface area contributed by atoms with Crippen LogP contribution in [0, 0.1) is 6.92 Å². The molecule has 0 aliphatic heterocycles. The van der Waals surface area contributed by atoms with Gasteiger partial charge in [-0.25, -0.2) is 0 Å². The van der Waals surface area contributed by atoms with Crippen LogP contribution in [0.5, 0.6) is 0 Å². The number of hydrogen-bond donors (Lipinski definition) is 5. The van der Waals surface area contributed by atoms with Crippen molar-refractivity contribution in [1.29, 1.82) is 0 Å². The van der Waals surface area contributed by atoms with E-state index >= 15 is 0 Å². The molecule has 0 saturated heterocycles. The molecular weight excluding hydrogens is 922 g/mol. The van der Waals surface area contributed by atoms with E-state index in [0.717, 1.165) is 14.7 Å². The summed E-state index contributed by atoms with van der Waals surface area (Å²) in [4.78, 5) is 115. The summed E-state index contributed by atoms with van der Waals surface area (Å²) >= 11 is 0.125. The molecular formula is C29H44N6NaO21Zn2-5. The third-order valence-corrected chi connectivity index (χ3v) is 6.53. The quantitative estimate of drug-likeness (QED) is 0.0309. The van der Waals surface area contributed by atoms with Crippen LogP contribution in [-0.4, -0.2) is 238 Å². The number of nitrogens with zero attached hydrogens (tertiary/aromatic N) is 6. The first-order valence-corrected chi connectivity index (χ1v) is 17.1. The molecule has 0 spiro atoms. The molecule has 6 N–H and O–H groups in total. The van der Waals surface area contributed by atoms with Crippen LogP contribution in [0.2, 0.25) is 0 Å². The zero-order valence-electron chi connectivity index (χ0n) is 32.3. The third-order valence-electron chi connectivity index (χ3n) is 6.53. The first kappa shape index (κ1) is 67.3. The fraction of sp³-hybridized carbons (Fsp3) is 0.621. The van der Waals surface area contributed by atoms with Crippen molar-refractivity contribution >= 4 is 59.5 Å². The average Bonchev–Trinajstić information content (AvgIpc) is 3.02. The Labute approximate surface area is 381 Å². The van der Waals surface area contributed by atoms with Gasteiger partial charge in [0.2, 0.25) is 0 Å². The SMILES string of the molecule is O=C(O)CN(CCN(CC(=O)O)CC(=O)O)CCN(CC(=O)O)CC(=O)O.[CH2-]C(=O)CN(CCN(CCN(CC(=O)[O-])CC(=O)[O-])CC(=O)[O-])CC(=O)[O-].[Na+].[OH-].[O]=[Zn].[Zn]. The zero-order chi connectivity index (χ0) is 44.0. The Morgan fingerprint density at radius 3 is 0.729 bits per heavy atom.